The SMILES string of the molecule is O=CC(CC(=O)O)NC(=O)CN1C(=O)C(NC(=O)c2ccc3c(c2)OCO3)N=C(c2ccccc2)c2ccccc21. The zero-order valence-corrected chi connectivity index (χ0v) is 21.5. The Kier molecular flexibility index (Phi) is 7.72. The number of aliphatic imine (C=N–C) groups is 1. The molecule has 12 heteroatoms. The van der Waals surface area contributed by atoms with E-state index >= 15 is 0 Å². The number of aliphatic carboxylic acids is 1. The Morgan fingerprint density at radius 3 is 2.51 bits per heavy atom. The van der Waals surface area contributed by atoms with E-state index in [9.17, 15) is 24.0 Å². The number of ether oxygens (including phenoxy) is 2. The highest BCUT2D eigenvalue weighted by atomic mass is 16.7. The molecule has 0 radical (unpaired) electrons. The highest BCUT2D eigenvalue weighted by molar-refractivity contribution is 6.21. The molecule has 0 bridgehead atoms. The third-order valence-electron chi connectivity index (χ3n) is 6.36. The van der Waals surface area contributed by atoms with Crippen molar-refractivity contribution in [2.24, 2.45) is 4.99 Å². The van der Waals surface area contributed by atoms with Crippen molar-refractivity contribution in [3.8, 4) is 11.5 Å². The van der Waals surface area contributed by atoms with Crippen molar-refractivity contribution in [2.75, 3.05) is 18.2 Å². The van der Waals surface area contributed by atoms with Gasteiger partial charge >= 0.3 is 5.97 Å². The van der Waals surface area contributed by atoms with Crippen LogP contribution in [0.4, 0.5) is 5.69 Å². The van der Waals surface area contributed by atoms with Gasteiger partial charge in [-0.25, -0.2) is 4.99 Å². The first kappa shape index (κ1) is 27.1. The van der Waals surface area contributed by atoms with Gasteiger partial charge in [0.25, 0.3) is 11.8 Å². The van der Waals surface area contributed by atoms with Crippen molar-refractivity contribution in [3.05, 3.63) is 89.5 Å². The molecule has 0 fully saturated rings. The molecule has 2 heterocycles. The van der Waals surface area contributed by atoms with Crippen LogP contribution in [0.15, 0.2) is 77.8 Å². The first-order valence-electron chi connectivity index (χ1n) is 12.5. The minimum atomic E-state index is -1.44. The zero-order chi connectivity index (χ0) is 28.9. The lowest BCUT2D eigenvalue weighted by Crippen LogP contribution is -2.51. The number of nitrogens with zero attached hydrogens (tertiary/aromatic N) is 2. The third kappa shape index (κ3) is 5.91. The van der Waals surface area contributed by atoms with E-state index in [1.165, 1.54) is 12.1 Å². The van der Waals surface area contributed by atoms with Crippen LogP contribution in [-0.4, -0.2) is 66.3 Å². The molecule has 208 valence electrons. The number of anilines is 1. The minimum absolute atomic E-state index is 0.0267. The number of carbonyl (C=O) groups is 5. The average Bonchev–Trinajstić information content (AvgIpc) is 3.42. The van der Waals surface area contributed by atoms with E-state index in [0.717, 1.165) is 4.90 Å². The molecule has 41 heavy (non-hydrogen) atoms. The Bertz CT molecular complexity index is 1560. The largest absolute Gasteiger partial charge is 0.481 e. The molecule has 3 aromatic rings. The van der Waals surface area contributed by atoms with Crippen LogP contribution >= 0.6 is 0 Å². The number of para-hydroxylation sites is 1. The summed E-state index contributed by atoms with van der Waals surface area (Å²) in [6.45, 7) is -0.535. The number of carboxylic acids is 1. The van der Waals surface area contributed by atoms with E-state index in [4.69, 9.17) is 14.6 Å². The monoisotopic (exact) mass is 556 g/mol. The molecule has 5 rings (SSSR count). The van der Waals surface area contributed by atoms with Gasteiger partial charge in [-0.15, -0.1) is 0 Å². The maximum atomic E-state index is 13.9. The Morgan fingerprint density at radius 1 is 1.02 bits per heavy atom. The second-order valence-electron chi connectivity index (χ2n) is 9.14. The van der Waals surface area contributed by atoms with E-state index in [2.05, 4.69) is 15.6 Å². The fraction of sp³-hybridized carbons (Fsp3) is 0.172. The van der Waals surface area contributed by atoms with Crippen molar-refractivity contribution in [1.82, 2.24) is 10.6 Å². The van der Waals surface area contributed by atoms with E-state index in [1.54, 1.807) is 54.6 Å². The smallest absolute Gasteiger partial charge is 0.305 e. The van der Waals surface area contributed by atoms with Gasteiger partial charge in [-0.05, 0) is 24.3 Å². The molecule has 2 unspecified atom stereocenters. The average molecular weight is 557 g/mol. The van der Waals surface area contributed by atoms with E-state index in [-0.39, 0.29) is 12.4 Å². The van der Waals surface area contributed by atoms with Crippen molar-refractivity contribution in [1.29, 1.82) is 0 Å². The van der Waals surface area contributed by atoms with Crippen LogP contribution in [0, 0.1) is 0 Å². The molecule has 0 aliphatic carbocycles. The van der Waals surface area contributed by atoms with Gasteiger partial charge in [0, 0.05) is 16.7 Å². The van der Waals surface area contributed by atoms with Gasteiger partial charge < -0.3 is 30.0 Å². The Balaban J connectivity index is 1.51. The fourth-order valence-electron chi connectivity index (χ4n) is 4.48. The van der Waals surface area contributed by atoms with Gasteiger partial charge in [-0.2, -0.15) is 0 Å². The lowest BCUT2D eigenvalue weighted by Gasteiger charge is -2.25. The molecule has 2 aliphatic heterocycles. The molecule has 0 saturated heterocycles. The molecular formula is C29H24N4O8. The van der Waals surface area contributed by atoms with Gasteiger partial charge in [-0.3, -0.25) is 24.1 Å². The molecule has 3 amide bonds. The Labute approximate surface area is 233 Å². The molecule has 3 N–H and O–H groups in total. The highest BCUT2D eigenvalue weighted by Gasteiger charge is 2.35. The van der Waals surface area contributed by atoms with Crippen molar-refractivity contribution in [3.63, 3.8) is 0 Å². The van der Waals surface area contributed by atoms with Gasteiger partial charge in [0.1, 0.15) is 12.8 Å². The first-order chi connectivity index (χ1) is 19.8. The van der Waals surface area contributed by atoms with Crippen LogP contribution in [0.3, 0.4) is 0 Å². The van der Waals surface area contributed by atoms with Crippen LogP contribution < -0.4 is 25.0 Å². The number of aldehydes is 1. The Hall–Kier alpha value is -5.52. The summed E-state index contributed by atoms with van der Waals surface area (Å²) >= 11 is 0. The number of benzodiazepines with no additional fused rings is 1. The van der Waals surface area contributed by atoms with Gasteiger partial charge in [0.05, 0.1) is 23.9 Å². The lowest BCUT2D eigenvalue weighted by molar-refractivity contribution is -0.138. The molecule has 0 saturated carbocycles. The maximum absolute atomic E-state index is 13.9. The second kappa shape index (κ2) is 11.7. The summed E-state index contributed by atoms with van der Waals surface area (Å²) in [6, 6.07) is 19.2. The topological polar surface area (TPSA) is 164 Å². The number of fused-ring (bicyclic) bond motifs is 2. The molecule has 2 atom stereocenters. The summed E-state index contributed by atoms with van der Waals surface area (Å²) in [6.07, 6.45) is -1.74. The number of carbonyl (C=O) groups excluding carboxylic acids is 4. The number of hydrogen-bond acceptors (Lipinski definition) is 8. The number of hydrogen-bond donors (Lipinski definition) is 3. The molecule has 2 aliphatic rings. The van der Waals surface area contributed by atoms with Crippen molar-refractivity contribution >= 4 is 41.4 Å². The normalized spacial score (nSPS) is 16.1. The van der Waals surface area contributed by atoms with E-state index in [1.807, 2.05) is 6.07 Å². The fourth-order valence-corrected chi connectivity index (χ4v) is 4.48. The van der Waals surface area contributed by atoms with Crippen LogP contribution in [0.1, 0.15) is 27.9 Å². The summed E-state index contributed by atoms with van der Waals surface area (Å²) in [5.74, 6) is -2.50. The predicted octanol–water partition coefficient (Wildman–Crippen LogP) is 1.51. The quantitative estimate of drug-likeness (QED) is 0.334. The minimum Gasteiger partial charge on any atom is -0.481 e. The first-order valence-corrected chi connectivity index (χ1v) is 12.5. The van der Waals surface area contributed by atoms with Gasteiger partial charge in [0.2, 0.25) is 18.9 Å². The van der Waals surface area contributed by atoms with E-state index < -0.39 is 48.9 Å². The van der Waals surface area contributed by atoms with Gasteiger partial charge in [-0.1, -0.05) is 48.5 Å². The molecule has 0 spiro atoms. The van der Waals surface area contributed by atoms with Crippen LogP contribution in [0.25, 0.3) is 0 Å². The lowest BCUT2D eigenvalue weighted by atomic mass is 10.0. The van der Waals surface area contributed by atoms with Gasteiger partial charge in [0.15, 0.2) is 11.5 Å². The maximum Gasteiger partial charge on any atom is 0.305 e. The summed E-state index contributed by atoms with van der Waals surface area (Å²) in [4.78, 5) is 68.3. The Morgan fingerprint density at radius 2 is 1.76 bits per heavy atom. The number of rotatable bonds is 9. The highest BCUT2D eigenvalue weighted by Crippen LogP contribution is 2.33. The number of nitrogens with one attached hydrogen (secondary N) is 2. The van der Waals surface area contributed by atoms with Crippen LogP contribution in [-0.2, 0) is 19.2 Å². The molecule has 3 aromatic carbocycles. The standard InChI is InChI=1S/C29H24N4O8/c34-15-19(13-25(36)37)30-24(35)14-33-21-9-5-4-8-20(21)26(17-6-2-1-3-7-17)31-27(29(33)39)32-28(38)18-10-11-22-23(12-18)41-16-40-22/h1-12,15,19,27H,13-14,16H2,(H,30,35)(H,32,38)(H,36,37). The molecular weight excluding hydrogens is 532 g/mol. The number of amides is 3. The third-order valence-corrected chi connectivity index (χ3v) is 6.36. The van der Waals surface area contributed by atoms with Crippen LogP contribution in [0.5, 0.6) is 11.5 Å². The summed E-state index contributed by atoms with van der Waals surface area (Å²) in [5.41, 5.74) is 2.15. The summed E-state index contributed by atoms with van der Waals surface area (Å²) in [7, 11) is 0. The molecule has 0 aromatic heterocycles. The summed E-state index contributed by atoms with van der Waals surface area (Å²) in [5, 5.41) is 14.0. The van der Waals surface area contributed by atoms with Crippen LogP contribution in [0.2, 0.25) is 0 Å². The van der Waals surface area contributed by atoms with Crippen molar-refractivity contribution < 1.29 is 38.6 Å². The zero-order valence-electron chi connectivity index (χ0n) is 21.5. The van der Waals surface area contributed by atoms with Crippen molar-refractivity contribution in [2.45, 2.75) is 18.6 Å². The predicted molar refractivity (Wildman–Crippen MR) is 145 cm³/mol. The number of carboxylic acid groups (broad SMARTS) is 1. The number of benzene rings is 3. The molecule has 12 nitrogen and oxygen atoms in total. The van der Waals surface area contributed by atoms with E-state index in [0.29, 0.717) is 40.3 Å². The summed E-state index contributed by atoms with van der Waals surface area (Å²) < 4.78 is 10.6. The second-order valence-corrected chi connectivity index (χ2v) is 9.14.